The van der Waals surface area contributed by atoms with E-state index >= 15 is 0 Å². The molecule has 1 aromatic rings. The summed E-state index contributed by atoms with van der Waals surface area (Å²) in [7, 11) is 2.12. The van der Waals surface area contributed by atoms with Crippen LogP contribution in [-0.2, 0) is 22.5 Å². The predicted molar refractivity (Wildman–Crippen MR) is 71.9 cm³/mol. The van der Waals surface area contributed by atoms with E-state index in [2.05, 4.69) is 22.2 Å². The zero-order chi connectivity index (χ0) is 13.0. The minimum atomic E-state index is -0.161. The maximum Gasteiger partial charge on any atom is 0.307 e. The zero-order valence-corrected chi connectivity index (χ0v) is 11.7. The molecule has 1 aliphatic heterocycles. The molecule has 1 aromatic heterocycles. The van der Waals surface area contributed by atoms with Crippen molar-refractivity contribution in [2.24, 2.45) is 0 Å². The number of carbonyl (C=O) groups excluding carboxylic acids is 1. The Balaban J connectivity index is 1.82. The van der Waals surface area contributed by atoms with Crippen molar-refractivity contribution in [2.75, 3.05) is 32.1 Å². The number of esters is 1. The van der Waals surface area contributed by atoms with E-state index in [0.29, 0.717) is 19.6 Å². The molecule has 0 amide bonds. The topological polar surface area (TPSA) is 54.5 Å². The second-order valence-electron chi connectivity index (χ2n) is 4.36. The van der Waals surface area contributed by atoms with Gasteiger partial charge in [-0.3, -0.25) is 4.79 Å². The first-order chi connectivity index (χ1) is 8.69. The molecule has 100 valence electrons. The fourth-order valence-electron chi connectivity index (χ4n) is 1.90. The van der Waals surface area contributed by atoms with Gasteiger partial charge in [0.1, 0.15) is 0 Å². The molecule has 5 nitrogen and oxygen atoms in total. The summed E-state index contributed by atoms with van der Waals surface area (Å²) >= 11 is 1.69. The molecule has 0 fully saturated rings. The molecule has 2 heterocycles. The van der Waals surface area contributed by atoms with Crippen molar-refractivity contribution in [1.29, 1.82) is 0 Å². The van der Waals surface area contributed by atoms with E-state index in [4.69, 9.17) is 4.74 Å². The summed E-state index contributed by atoms with van der Waals surface area (Å²) in [6.45, 7) is 4.89. The molecule has 0 bridgehead atoms. The molecule has 0 atom stereocenters. The molecular weight excluding hydrogens is 250 g/mol. The Morgan fingerprint density at radius 1 is 1.61 bits per heavy atom. The molecular formula is C12H19N3O2S. The van der Waals surface area contributed by atoms with Gasteiger partial charge in [-0.25, -0.2) is 4.98 Å². The van der Waals surface area contributed by atoms with Gasteiger partial charge in [-0.1, -0.05) is 0 Å². The average Bonchev–Trinajstić information content (AvgIpc) is 2.71. The number of hydrogen-bond acceptors (Lipinski definition) is 6. The van der Waals surface area contributed by atoms with Crippen LogP contribution in [0.15, 0.2) is 0 Å². The molecule has 0 aromatic carbocycles. The highest BCUT2D eigenvalue weighted by Gasteiger charge is 2.18. The first-order valence-electron chi connectivity index (χ1n) is 6.25. The van der Waals surface area contributed by atoms with Crippen LogP contribution in [0, 0.1) is 0 Å². The molecule has 0 unspecified atom stereocenters. The Hall–Kier alpha value is -1.14. The number of nitrogens with zero attached hydrogens (tertiary/aromatic N) is 2. The molecule has 0 spiro atoms. The fourth-order valence-corrected chi connectivity index (χ4v) is 3.02. The third-order valence-corrected chi connectivity index (χ3v) is 3.87. The predicted octanol–water partition coefficient (Wildman–Crippen LogP) is 1.50. The molecule has 0 radical (unpaired) electrons. The number of thiazole rings is 1. The highest BCUT2D eigenvalue weighted by molar-refractivity contribution is 7.15. The monoisotopic (exact) mass is 269 g/mol. The van der Waals surface area contributed by atoms with Crippen LogP contribution in [0.3, 0.4) is 0 Å². The van der Waals surface area contributed by atoms with Gasteiger partial charge in [0.15, 0.2) is 5.13 Å². The summed E-state index contributed by atoms with van der Waals surface area (Å²) < 4.78 is 4.87. The smallest absolute Gasteiger partial charge is 0.307 e. The number of nitrogens with one attached hydrogen (secondary N) is 1. The number of anilines is 1. The maximum atomic E-state index is 11.2. The highest BCUT2D eigenvalue weighted by atomic mass is 32.1. The van der Waals surface area contributed by atoms with Gasteiger partial charge in [-0.05, 0) is 14.0 Å². The van der Waals surface area contributed by atoms with Crippen molar-refractivity contribution in [3.05, 3.63) is 10.6 Å². The van der Waals surface area contributed by atoms with Gasteiger partial charge in [-0.2, -0.15) is 0 Å². The number of ether oxygens (including phenoxy) is 1. The summed E-state index contributed by atoms with van der Waals surface area (Å²) in [4.78, 5) is 19.4. The van der Waals surface area contributed by atoms with E-state index in [1.54, 1.807) is 11.3 Å². The second kappa shape index (κ2) is 6.15. The number of carbonyl (C=O) groups is 1. The SMILES string of the molecule is CCOC(=O)CCNc1nc2c(s1)CN(C)CC2. The molecule has 6 heteroatoms. The largest absolute Gasteiger partial charge is 0.466 e. The summed E-state index contributed by atoms with van der Waals surface area (Å²) in [6.07, 6.45) is 1.40. The fraction of sp³-hybridized carbons (Fsp3) is 0.667. The summed E-state index contributed by atoms with van der Waals surface area (Å²) in [6, 6.07) is 0. The van der Waals surface area contributed by atoms with Crippen molar-refractivity contribution in [3.63, 3.8) is 0 Å². The average molecular weight is 269 g/mol. The van der Waals surface area contributed by atoms with Crippen molar-refractivity contribution >= 4 is 22.4 Å². The van der Waals surface area contributed by atoms with Crippen molar-refractivity contribution in [2.45, 2.75) is 26.3 Å². The molecule has 0 aliphatic carbocycles. The van der Waals surface area contributed by atoms with Crippen LogP contribution < -0.4 is 5.32 Å². The Labute approximate surface area is 111 Å². The Bertz CT molecular complexity index is 419. The van der Waals surface area contributed by atoms with E-state index < -0.39 is 0 Å². The van der Waals surface area contributed by atoms with Gasteiger partial charge in [0.2, 0.25) is 0 Å². The molecule has 1 N–H and O–H groups in total. The van der Waals surface area contributed by atoms with Gasteiger partial charge in [0.05, 0.1) is 18.7 Å². The van der Waals surface area contributed by atoms with Crippen LogP contribution in [0.4, 0.5) is 5.13 Å². The number of fused-ring (bicyclic) bond motifs is 1. The lowest BCUT2D eigenvalue weighted by molar-refractivity contribution is -0.142. The minimum absolute atomic E-state index is 0.161. The normalized spacial score (nSPS) is 15.2. The number of aromatic nitrogens is 1. The van der Waals surface area contributed by atoms with Crippen LogP contribution in [-0.4, -0.2) is 42.6 Å². The highest BCUT2D eigenvalue weighted by Crippen LogP contribution is 2.27. The number of likely N-dealkylation sites (N-methyl/N-ethyl adjacent to an activating group) is 1. The van der Waals surface area contributed by atoms with Crippen molar-refractivity contribution < 1.29 is 9.53 Å². The third-order valence-electron chi connectivity index (χ3n) is 2.83. The molecule has 1 aliphatic rings. The molecule has 0 saturated carbocycles. The van der Waals surface area contributed by atoms with Crippen LogP contribution in [0.2, 0.25) is 0 Å². The molecule has 2 rings (SSSR count). The van der Waals surface area contributed by atoms with Crippen LogP contribution in [0.1, 0.15) is 23.9 Å². The zero-order valence-electron chi connectivity index (χ0n) is 10.9. The summed E-state index contributed by atoms with van der Waals surface area (Å²) in [5.74, 6) is -0.161. The van der Waals surface area contributed by atoms with Gasteiger partial charge in [0, 0.05) is 30.9 Å². The van der Waals surface area contributed by atoms with Crippen molar-refractivity contribution in [3.8, 4) is 0 Å². The lowest BCUT2D eigenvalue weighted by Gasteiger charge is -2.20. The van der Waals surface area contributed by atoms with Gasteiger partial charge in [-0.15, -0.1) is 11.3 Å². The quantitative estimate of drug-likeness (QED) is 0.821. The standard InChI is InChI=1S/C12H19N3O2S/c1-3-17-11(16)4-6-13-12-14-9-5-7-15(2)8-10(9)18-12/h3-8H2,1-2H3,(H,13,14). The van der Waals surface area contributed by atoms with Gasteiger partial charge >= 0.3 is 5.97 Å². The summed E-state index contributed by atoms with van der Waals surface area (Å²) in [5.41, 5.74) is 1.21. The Morgan fingerprint density at radius 2 is 2.44 bits per heavy atom. The van der Waals surface area contributed by atoms with E-state index in [1.165, 1.54) is 10.6 Å². The molecule has 18 heavy (non-hydrogen) atoms. The minimum Gasteiger partial charge on any atom is -0.466 e. The summed E-state index contributed by atoms with van der Waals surface area (Å²) in [5, 5.41) is 4.11. The Kier molecular flexibility index (Phi) is 4.54. The second-order valence-corrected chi connectivity index (χ2v) is 5.44. The molecule has 0 saturated heterocycles. The Morgan fingerprint density at radius 3 is 3.22 bits per heavy atom. The van der Waals surface area contributed by atoms with Crippen LogP contribution in [0.5, 0.6) is 0 Å². The lowest BCUT2D eigenvalue weighted by Crippen LogP contribution is -2.25. The third kappa shape index (κ3) is 3.43. The van der Waals surface area contributed by atoms with Gasteiger partial charge in [0.25, 0.3) is 0 Å². The van der Waals surface area contributed by atoms with E-state index in [-0.39, 0.29) is 5.97 Å². The lowest BCUT2D eigenvalue weighted by atomic mass is 10.2. The van der Waals surface area contributed by atoms with E-state index in [1.807, 2.05) is 6.92 Å². The number of hydrogen-bond donors (Lipinski definition) is 1. The first-order valence-corrected chi connectivity index (χ1v) is 7.07. The first kappa shape index (κ1) is 13.3. The van der Waals surface area contributed by atoms with E-state index in [9.17, 15) is 4.79 Å². The van der Waals surface area contributed by atoms with E-state index in [0.717, 1.165) is 24.6 Å². The van der Waals surface area contributed by atoms with Gasteiger partial charge < -0.3 is 15.0 Å². The van der Waals surface area contributed by atoms with Crippen LogP contribution in [0.25, 0.3) is 0 Å². The van der Waals surface area contributed by atoms with Crippen molar-refractivity contribution in [1.82, 2.24) is 9.88 Å². The maximum absolute atomic E-state index is 11.2. The number of rotatable bonds is 5. The van der Waals surface area contributed by atoms with Crippen LogP contribution >= 0.6 is 11.3 Å².